The minimum Gasteiger partial charge on any atom is -0.336 e. The summed E-state index contributed by atoms with van der Waals surface area (Å²) in [6.45, 7) is 2.05. The van der Waals surface area contributed by atoms with E-state index in [2.05, 4.69) is 16.2 Å². The molecule has 0 spiro atoms. The molecule has 1 atom stereocenters. The largest absolute Gasteiger partial charge is 0.336 e. The second-order valence-electron chi connectivity index (χ2n) is 3.49. The fraction of sp³-hybridized carbons (Fsp3) is 0.400. The summed E-state index contributed by atoms with van der Waals surface area (Å²) in [4.78, 5) is 23.5. The molecular formula is C10H16N4O2S. The Labute approximate surface area is 104 Å². The Hall–Kier alpha value is -1.60. The average Bonchev–Trinajstić information content (AvgIpc) is 2.78. The number of urea groups is 1. The molecular weight excluding hydrogens is 240 g/mol. The molecule has 17 heavy (non-hydrogen) atoms. The normalized spacial score (nSPS) is 11.6. The highest BCUT2D eigenvalue weighted by atomic mass is 32.1. The van der Waals surface area contributed by atoms with Gasteiger partial charge in [0, 0.05) is 11.4 Å². The van der Waals surface area contributed by atoms with Crippen molar-refractivity contribution in [1.82, 2.24) is 16.2 Å². The third-order valence-electron chi connectivity index (χ3n) is 1.95. The molecule has 5 N–H and O–H groups in total. The standard InChI is InChI=1S/C10H16N4O2S/c1-7(11)9(15)13-14-10(16)12-5-4-8-3-2-6-17-8/h2-3,6-7H,4-5,11H2,1H3,(H,13,15)(H2,12,14,16)/t7-/m1/s1. The second kappa shape index (κ2) is 6.87. The first kappa shape index (κ1) is 13.5. The summed E-state index contributed by atoms with van der Waals surface area (Å²) in [7, 11) is 0. The maximum absolute atomic E-state index is 11.2. The average molecular weight is 256 g/mol. The molecule has 6 nitrogen and oxygen atoms in total. The summed E-state index contributed by atoms with van der Waals surface area (Å²) in [5.41, 5.74) is 9.72. The van der Waals surface area contributed by atoms with Crippen LogP contribution in [0.15, 0.2) is 17.5 Å². The molecule has 0 aromatic carbocycles. The molecule has 0 aliphatic rings. The first-order valence-corrected chi connectivity index (χ1v) is 6.09. The Balaban J connectivity index is 2.11. The number of nitrogens with one attached hydrogen (secondary N) is 3. The number of hydrogen-bond acceptors (Lipinski definition) is 4. The van der Waals surface area contributed by atoms with Gasteiger partial charge in [0.2, 0.25) is 0 Å². The molecule has 94 valence electrons. The van der Waals surface area contributed by atoms with Gasteiger partial charge in [-0.1, -0.05) is 6.07 Å². The Morgan fingerprint density at radius 2 is 2.24 bits per heavy atom. The molecule has 7 heteroatoms. The van der Waals surface area contributed by atoms with E-state index >= 15 is 0 Å². The predicted octanol–water partition coefficient (Wildman–Crippen LogP) is -0.0318. The van der Waals surface area contributed by atoms with Crippen molar-refractivity contribution in [2.45, 2.75) is 19.4 Å². The lowest BCUT2D eigenvalue weighted by molar-refractivity contribution is -0.122. The van der Waals surface area contributed by atoms with Crippen LogP contribution in [-0.2, 0) is 11.2 Å². The lowest BCUT2D eigenvalue weighted by atomic mass is 10.3. The highest BCUT2D eigenvalue weighted by molar-refractivity contribution is 7.09. The van der Waals surface area contributed by atoms with Gasteiger partial charge in [-0.05, 0) is 24.8 Å². The molecule has 0 aliphatic carbocycles. The van der Waals surface area contributed by atoms with Gasteiger partial charge in [0.15, 0.2) is 0 Å². The van der Waals surface area contributed by atoms with Crippen LogP contribution < -0.4 is 21.9 Å². The van der Waals surface area contributed by atoms with Crippen LogP contribution in [0.25, 0.3) is 0 Å². The summed E-state index contributed by atoms with van der Waals surface area (Å²) < 4.78 is 0. The zero-order chi connectivity index (χ0) is 12.7. The van der Waals surface area contributed by atoms with Crippen molar-refractivity contribution in [3.8, 4) is 0 Å². The van der Waals surface area contributed by atoms with Gasteiger partial charge in [-0.25, -0.2) is 10.2 Å². The Morgan fingerprint density at radius 1 is 1.47 bits per heavy atom. The topological polar surface area (TPSA) is 96.2 Å². The first-order chi connectivity index (χ1) is 8.09. The van der Waals surface area contributed by atoms with E-state index in [9.17, 15) is 9.59 Å². The highest BCUT2D eigenvalue weighted by Gasteiger charge is 2.07. The van der Waals surface area contributed by atoms with Gasteiger partial charge in [-0.15, -0.1) is 11.3 Å². The van der Waals surface area contributed by atoms with Crippen LogP contribution >= 0.6 is 11.3 Å². The summed E-state index contributed by atoms with van der Waals surface area (Å²) >= 11 is 1.64. The molecule has 0 fully saturated rings. The van der Waals surface area contributed by atoms with E-state index in [0.29, 0.717) is 6.54 Å². The monoisotopic (exact) mass is 256 g/mol. The van der Waals surface area contributed by atoms with Crippen molar-refractivity contribution in [3.63, 3.8) is 0 Å². The highest BCUT2D eigenvalue weighted by Crippen LogP contribution is 2.07. The molecule has 0 aliphatic heterocycles. The Kier molecular flexibility index (Phi) is 5.44. The van der Waals surface area contributed by atoms with E-state index in [1.807, 2.05) is 17.5 Å². The van der Waals surface area contributed by atoms with E-state index in [4.69, 9.17) is 5.73 Å². The van der Waals surface area contributed by atoms with Crippen LogP contribution in [0.2, 0.25) is 0 Å². The predicted molar refractivity (Wildman–Crippen MR) is 66.3 cm³/mol. The Bertz CT molecular complexity index is 364. The van der Waals surface area contributed by atoms with E-state index in [-0.39, 0.29) is 0 Å². The minimum absolute atomic E-state index is 0.432. The van der Waals surface area contributed by atoms with Crippen molar-refractivity contribution < 1.29 is 9.59 Å². The fourth-order valence-corrected chi connectivity index (χ4v) is 1.74. The van der Waals surface area contributed by atoms with E-state index in [1.54, 1.807) is 11.3 Å². The van der Waals surface area contributed by atoms with E-state index in [0.717, 1.165) is 6.42 Å². The number of hydrazine groups is 1. The molecule has 3 amide bonds. The summed E-state index contributed by atoms with van der Waals surface area (Å²) in [6.07, 6.45) is 0.770. The SMILES string of the molecule is C[C@@H](N)C(=O)NNC(=O)NCCc1cccs1. The molecule has 0 bridgehead atoms. The molecule has 0 radical (unpaired) electrons. The maximum atomic E-state index is 11.2. The molecule has 1 rings (SSSR count). The van der Waals surface area contributed by atoms with Crippen LogP contribution in [0.3, 0.4) is 0 Å². The molecule has 1 aromatic rings. The minimum atomic E-state index is -0.651. The summed E-state index contributed by atoms with van der Waals surface area (Å²) in [5.74, 6) is -0.432. The van der Waals surface area contributed by atoms with Crippen molar-refractivity contribution in [3.05, 3.63) is 22.4 Å². The summed E-state index contributed by atoms with van der Waals surface area (Å²) in [6, 6.07) is 2.86. The van der Waals surface area contributed by atoms with Gasteiger partial charge in [-0.3, -0.25) is 10.2 Å². The van der Waals surface area contributed by atoms with Crippen LogP contribution in [0.4, 0.5) is 4.79 Å². The zero-order valence-corrected chi connectivity index (χ0v) is 10.3. The molecule has 0 unspecified atom stereocenters. The van der Waals surface area contributed by atoms with Gasteiger partial charge in [0.05, 0.1) is 6.04 Å². The van der Waals surface area contributed by atoms with Crippen LogP contribution in [0.1, 0.15) is 11.8 Å². The number of carbonyl (C=O) groups excluding carboxylic acids is 2. The summed E-state index contributed by atoms with van der Waals surface area (Å²) in [5, 5.41) is 4.60. The van der Waals surface area contributed by atoms with Gasteiger partial charge < -0.3 is 11.1 Å². The van der Waals surface area contributed by atoms with Crippen molar-refractivity contribution in [2.24, 2.45) is 5.73 Å². The van der Waals surface area contributed by atoms with Gasteiger partial charge >= 0.3 is 6.03 Å². The smallest absolute Gasteiger partial charge is 0.333 e. The van der Waals surface area contributed by atoms with Gasteiger partial charge in [-0.2, -0.15) is 0 Å². The number of thiophene rings is 1. The third-order valence-corrected chi connectivity index (χ3v) is 2.89. The van der Waals surface area contributed by atoms with Gasteiger partial charge in [0.25, 0.3) is 5.91 Å². The quantitative estimate of drug-likeness (QED) is 0.569. The fourth-order valence-electron chi connectivity index (χ4n) is 1.03. The third kappa shape index (κ3) is 5.32. The Morgan fingerprint density at radius 3 is 2.82 bits per heavy atom. The number of carbonyl (C=O) groups is 2. The first-order valence-electron chi connectivity index (χ1n) is 5.21. The number of nitrogens with two attached hydrogens (primary N) is 1. The van der Waals surface area contributed by atoms with Crippen molar-refractivity contribution in [1.29, 1.82) is 0 Å². The molecule has 1 heterocycles. The second-order valence-corrected chi connectivity index (χ2v) is 4.52. The van der Waals surface area contributed by atoms with E-state index in [1.165, 1.54) is 11.8 Å². The lowest BCUT2D eigenvalue weighted by Crippen LogP contribution is -2.51. The van der Waals surface area contributed by atoms with Crippen molar-refractivity contribution in [2.75, 3.05) is 6.54 Å². The number of hydrogen-bond donors (Lipinski definition) is 4. The van der Waals surface area contributed by atoms with Crippen molar-refractivity contribution >= 4 is 23.3 Å². The van der Waals surface area contributed by atoms with Crippen LogP contribution in [0.5, 0.6) is 0 Å². The molecule has 0 saturated heterocycles. The number of rotatable bonds is 4. The van der Waals surface area contributed by atoms with Gasteiger partial charge in [0.1, 0.15) is 0 Å². The number of amides is 3. The maximum Gasteiger partial charge on any atom is 0.333 e. The van der Waals surface area contributed by atoms with Crippen LogP contribution in [-0.4, -0.2) is 24.5 Å². The van der Waals surface area contributed by atoms with E-state index < -0.39 is 18.0 Å². The van der Waals surface area contributed by atoms with Crippen LogP contribution in [0, 0.1) is 0 Å². The lowest BCUT2D eigenvalue weighted by Gasteiger charge is -2.09. The molecule has 1 aromatic heterocycles. The molecule has 0 saturated carbocycles. The zero-order valence-electron chi connectivity index (χ0n) is 9.53.